The van der Waals surface area contributed by atoms with Gasteiger partial charge in [-0.3, -0.25) is 14.6 Å². The Morgan fingerprint density at radius 3 is 2.32 bits per heavy atom. The van der Waals surface area contributed by atoms with Crippen molar-refractivity contribution in [1.29, 1.82) is 0 Å². The predicted octanol–water partition coefficient (Wildman–Crippen LogP) is 2.67. The number of carbonyl (C=O) groups excluding carboxylic acids is 3. The summed E-state index contributed by atoms with van der Waals surface area (Å²) >= 11 is 0. The van der Waals surface area contributed by atoms with E-state index < -0.39 is 17.8 Å². The van der Waals surface area contributed by atoms with E-state index in [1.54, 1.807) is 31.2 Å². The first kappa shape index (κ1) is 18.8. The van der Waals surface area contributed by atoms with Gasteiger partial charge in [-0.05, 0) is 25.1 Å². The van der Waals surface area contributed by atoms with Crippen LogP contribution in [0.2, 0.25) is 0 Å². The van der Waals surface area contributed by atoms with Crippen LogP contribution in [0.15, 0.2) is 53.3 Å². The number of anilines is 2. The van der Waals surface area contributed by atoms with E-state index >= 15 is 0 Å². The fourth-order valence-corrected chi connectivity index (χ4v) is 2.38. The highest BCUT2D eigenvalue weighted by atomic mass is 16.5. The van der Waals surface area contributed by atoms with Crippen molar-refractivity contribution >= 4 is 29.3 Å². The molecule has 0 fully saturated rings. The molecule has 0 aliphatic rings. The quantitative estimate of drug-likeness (QED) is 0.652. The number of carbonyl (C=O) groups is 3. The first-order valence-corrected chi connectivity index (χ1v) is 8.16. The molecule has 0 unspecified atom stereocenters. The molecular weight excluding hydrogens is 364 g/mol. The third-order valence-electron chi connectivity index (χ3n) is 3.71. The smallest absolute Gasteiger partial charge is 0.339 e. The van der Waals surface area contributed by atoms with Crippen LogP contribution in [-0.2, 0) is 4.74 Å². The Labute approximate surface area is 159 Å². The molecule has 2 aromatic heterocycles. The summed E-state index contributed by atoms with van der Waals surface area (Å²) in [5.74, 6) is -0.804. The summed E-state index contributed by atoms with van der Waals surface area (Å²) in [6.07, 6.45) is 2.63. The highest BCUT2D eigenvalue weighted by Crippen LogP contribution is 2.17. The van der Waals surface area contributed by atoms with Crippen LogP contribution in [-0.4, -0.2) is 35.0 Å². The van der Waals surface area contributed by atoms with Gasteiger partial charge in [-0.1, -0.05) is 17.3 Å². The molecule has 9 heteroatoms. The maximum atomic E-state index is 12.6. The molecule has 2 amide bonds. The molecule has 0 saturated carbocycles. The molecule has 0 spiro atoms. The number of aromatic nitrogens is 2. The van der Waals surface area contributed by atoms with Gasteiger partial charge in [0.15, 0.2) is 5.82 Å². The molecule has 28 heavy (non-hydrogen) atoms. The number of benzene rings is 1. The lowest BCUT2D eigenvalue weighted by molar-refractivity contribution is 0.0601. The van der Waals surface area contributed by atoms with Gasteiger partial charge in [-0.2, -0.15) is 0 Å². The van der Waals surface area contributed by atoms with Crippen LogP contribution in [0.4, 0.5) is 11.5 Å². The third-order valence-corrected chi connectivity index (χ3v) is 3.71. The van der Waals surface area contributed by atoms with E-state index in [1.807, 2.05) is 0 Å². The fourth-order valence-electron chi connectivity index (χ4n) is 2.38. The number of methoxy groups -OCH3 is 1. The average molecular weight is 380 g/mol. The fraction of sp³-hybridized carbons (Fsp3) is 0.105. The lowest BCUT2D eigenvalue weighted by atomic mass is 10.1. The zero-order valence-corrected chi connectivity index (χ0v) is 15.1. The maximum absolute atomic E-state index is 12.6. The van der Waals surface area contributed by atoms with Crippen LogP contribution in [0.25, 0.3) is 0 Å². The lowest BCUT2D eigenvalue weighted by Gasteiger charge is -2.10. The van der Waals surface area contributed by atoms with Gasteiger partial charge in [-0.25, -0.2) is 4.79 Å². The Hall–Kier alpha value is -4.01. The van der Waals surface area contributed by atoms with Gasteiger partial charge < -0.3 is 19.9 Å². The second kappa shape index (κ2) is 8.12. The van der Waals surface area contributed by atoms with Gasteiger partial charge in [0.25, 0.3) is 11.8 Å². The predicted molar refractivity (Wildman–Crippen MR) is 99.2 cm³/mol. The van der Waals surface area contributed by atoms with E-state index in [0.717, 1.165) is 0 Å². The largest absolute Gasteiger partial charge is 0.465 e. The van der Waals surface area contributed by atoms with Crippen LogP contribution in [0, 0.1) is 6.92 Å². The molecule has 2 heterocycles. The molecule has 0 saturated heterocycles. The van der Waals surface area contributed by atoms with Crippen LogP contribution < -0.4 is 10.6 Å². The molecule has 0 bridgehead atoms. The number of nitrogens with zero attached hydrogens (tertiary/aromatic N) is 2. The number of amides is 2. The molecule has 1 aromatic carbocycles. The number of esters is 1. The summed E-state index contributed by atoms with van der Waals surface area (Å²) in [4.78, 5) is 40.6. The van der Waals surface area contributed by atoms with Crippen molar-refractivity contribution in [2.45, 2.75) is 6.92 Å². The van der Waals surface area contributed by atoms with Gasteiger partial charge in [0.2, 0.25) is 0 Å². The molecular formula is C19H16N4O5. The summed E-state index contributed by atoms with van der Waals surface area (Å²) in [6, 6.07) is 9.37. The molecule has 3 rings (SSSR count). The summed E-state index contributed by atoms with van der Waals surface area (Å²) < 4.78 is 9.59. The number of nitrogens with one attached hydrogen (secondary N) is 2. The number of pyridine rings is 1. The molecule has 3 aromatic rings. The van der Waals surface area contributed by atoms with E-state index in [9.17, 15) is 14.4 Å². The molecule has 2 N–H and O–H groups in total. The first-order chi connectivity index (χ1) is 13.5. The van der Waals surface area contributed by atoms with E-state index in [0.29, 0.717) is 5.76 Å². The number of hydrogen-bond donors (Lipinski definition) is 2. The Balaban J connectivity index is 1.78. The maximum Gasteiger partial charge on any atom is 0.339 e. The molecule has 0 radical (unpaired) electrons. The summed E-state index contributed by atoms with van der Waals surface area (Å²) in [5.41, 5.74) is 0.798. The van der Waals surface area contributed by atoms with Gasteiger partial charge in [0.05, 0.1) is 29.5 Å². The normalized spacial score (nSPS) is 10.2. The second-order valence-corrected chi connectivity index (χ2v) is 5.73. The van der Waals surface area contributed by atoms with E-state index in [-0.39, 0.29) is 28.2 Å². The van der Waals surface area contributed by atoms with Gasteiger partial charge >= 0.3 is 5.97 Å². The Morgan fingerprint density at radius 1 is 1.00 bits per heavy atom. The Bertz CT molecular complexity index is 1040. The van der Waals surface area contributed by atoms with Gasteiger partial charge in [0.1, 0.15) is 5.76 Å². The number of hydrogen-bond acceptors (Lipinski definition) is 7. The van der Waals surface area contributed by atoms with Crippen molar-refractivity contribution in [2.24, 2.45) is 0 Å². The Morgan fingerprint density at radius 2 is 1.68 bits per heavy atom. The standard InChI is InChI=1S/C19H16N4O5/c1-11-7-16(23-28-11)22-18(25)13-8-12(9-20-10-13)17(24)21-15-6-4-3-5-14(15)19(26)27-2/h3-10H,1-2H3,(H,21,24)(H,22,23,25). The number of rotatable bonds is 5. The number of aryl methyl sites for hydroxylation is 1. The number of para-hydroxylation sites is 1. The second-order valence-electron chi connectivity index (χ2n) is 5.73. The van der Waals surface area contributed by atoms with Crippen LogP contribution in [0.1, 0.15) is 36.8 Å². The van der Waals surface area contributed by atoms with Crippen LogP contribution in [0.3, 0.4) is 0 Å². The van der Waals surface area contributed by atoms with Gasteiger partial charge in [-0.15, -0.1) is 0 Å². The van der Waals surface area contributed by atoms with Gasteiger partial charge in [0, 0.05) is 18.5 Å². The monoisotopic (exact) mass is 380 g/mol. The number of ether oxygens (including phenoxy) is 1. The molecule has 9 nitrogen and oxygen atoms in total. The SMILES string of the molecule is COC(=O)c1ccccc1NC(=O)c1cncc(C(=O)Nc2cc(C)on2)c1. The van der Waals surface area contributed by atoms with Crippen molar-refractivity contribution in [3.63, 3.8) is 0 Å². The first-order valence-electron chi connectivity index (χ1n) is 8.16. The highest BCUT2D eigenvalue weighted by molar-refractivity contribution is 6.10. The minimum atomic E-state index is -0.579. The summed E-state index contributed by atoms with van der Waals surface area (Å²) in [7, 11) is 1.25. The van der Waals surface area contributed by atoms with Crippen LogP contribution >= 0.6 is 0 Å². The van der Waals surface area contributed by atoms with E-state index in [4.69, 9.17) is 9.26 Å². The van der Waals surface area contributed by atoms with E-state index in [2.05, 4.69) is 20.8 Å². The lowest BCUT2D eigenvalue weighted by Crippen LogP contribution is -2.17. The van der Waals surface area contributed by atoms with E-state index in [1.165, 1.54) is 31.6 Å². The van der Waals surface area contributed by atoms with Crippen molar-refractivity contribution in [1.82, 2.24) is 10.1 Å². The molecule has 0 aliphatic carbocycles. The zero-order valence-electron chi connectivity index (χ0n) is 15.1. The van der Waals surface area contributed by atoms with Crippen molar-refractivity contribution in [2.75, 3.05) is 17.7 Å². The van der Waals surface area contributed by atoms with Crippen molar-refractivity contribution in [3.8, 4) is 0 Å². The molecule has 142 valence electrons. The average Bonchev–Trinajstić information content (AvgIpc) is 3.12. The summed E-state index contributed by atoms with van der Waals surface area (Å²) in [5, 5.41) is 8.85. The summed E-state index contributed by atoms with van der Waals surface area (Å²) in [6.45, 7) is 1.70. The Kier molecular flexibility index (Phi) is 5.45. The van der Waals surface area contributed by atoms with Crippen molar-refractivity contribution < 1.29 is 23.6 Å². The van der Waals surface area contributed by atoms with Crippen molar-refractivity contribution in [3.05, 3.63) is 71.2 Å². The van der Waals surface area contributed by atoms with Crippen LogP contribution in [0.5, 0.6) is 0 Å². The highest BCUT2D eigenvalue weighted by Gasteiger charge is 2.16. The minimum Gasteiger partial charge on any atom is -0.465 e. The topological polar surface area (TPSA) is 123 Å². The molecule has 0 atom stereocenters. The minimum absolute atomic E-state index is 0.142. The molecule has 0 aliphatic heterocycles. The third kappa shape index (κ3) is 4.21. The zero-order chi connectivity index (χ0) is 20.1.